The van der Waals surface area contributed by atoms with Gasteiger partial charge in [0.25, 0.3) is 10.0 Å². The summed E-state index contributed by atoms with van der Waals surface area (Å²) in [7, 11) is -1.50. The topological polar surface area (TPSA) is 102 Å². The van der Waals surface area contributed by atoms with Crippen LogP contribution in [0.2, 0.25) is 0 Å². The highest BCUT2D eigenvalue weighted by atomic mass is 32.2. The van der Waals surface area contributed by atoms with Crippen molar-refractivity contribution in [3.05, 3.63) is 82.9 Å². The first kappa shape index (κ1) is 25.8. The maximum Gasteiger partial charge on any atom is 0.337 e. The van der Waals surface area contributed by atoms with Crippen LogP contribution in [0, 0.1) is 20.8 Å². The van der Waals surface area contributed by atoms with Crippen LogP contribution in [0.25, 0.3) is 0 Å². The van der Waals surface area contributed by atoms with Crippen LogP contribution in [0.3, 0.4) is 0 Å². The molecule has 184 valence electrons. The van der Waals surface area contributed by atoms with Crippen LogP contribution in [0.5, 0.6) is 5.75 Å². The summed E-state index contributed by atoms with van der Waals surface area (Å²) in [5.41, 5.74) is 3.55. The molecular formula is C26H28N2O6S. The van der Waals surface area contributed by atoms with Crippen LogP contribution >= 0.6 is 0 Å². The van der Waals surface area contributed by atoms with Gasteiger partial charge in [-0.15, -0.1) is 0 Å². The first-order valence-electron chi connectivity index (χ1n) is 10.8. The Bertz CT molecular complexity index is 1330. The van der Waals surface area contributed by atoms with Crippen molar-refractivity contribution in [2.45, 2.75) is 25.7 Å². The van der Waals surface area contributed by atoms with Crippen LogP contribution in [-0.2, 0) is 19.6 Å². The second-order valence-corrected chi connectivity index (χ2v) is 9.96. The van der Waals surface area contributed by atoms with Gasteiger partial charge >= 0.3 is 5.97 Å². The van der Waals surface area contributed by atoms with Crippen molar-refractivity contribution in [1.82, 2.24) is 0 Å². The number of aryl methyl sites for hydroxylation is 3. The SMILES string of the molecule is COC(=O)c1ccc(NC(=O)CN(c2cc(C)cc(C)c2)S(=O)(=O)c2cc(C)ccc2OC)cc1. The predicted octanol–water partition coefficient (Wildman–Crippen LogP) is 4.24. The van der Waals surface area contributed by atoms with E-state index in [1.165, 1.54) is 32.4 Å². The molecule has 0 aromatic heterocycles. The lowest BCUT2D eigenvalue weighted by atomic mass is 10.1. The van der Waals surface area contributed by atoms with E-state index >= 15 is 0 Å². The monoisotopic (exact) mass is 496 g/mol. The number of nitrogens with zero attached hydrogens (tertiary/aromatic N) is 1. The molecule has 0 aliphatic carbocycles. The molecule has 0 bridgehead atoms. The zero-order chi connectivity index (χ0) is 25.8. The summed E-state index contributed by atoms with van der Waals surface area (Å²) < 4.78 is 38.7. The molecule has 0 aliphatic heterocycles. The quantitative estimate of drug-likeness (QED) is 0.468. The van der Waals surface area contributed by atoms with Gasteiger partial charge in [0, 0.05) is 5.69 Å². The number of methoxy groups -OCH3 is 2. The molecule has 1 amide bonds. The summed E-state index contributed by atoms with van der Waals surface area (Å²) in [4.78, 5) is 24.6. The van der Waals surface area contributed by atoms with E-state index in [9.17, 15) is 18.0 Å². The van der Waals surface area contributed by atoms with Crippen LogP contribution in [0.1, 0.15) is 27.0 Å². The van der Waals surface area contributed by atoms with Gasteiger partial charge in [-0.3, -0.25) is 9.10 Å². The lowest BCUT2D eigenvalue weighted by Crippen LogP contribution is -2.38. The molecule has 0 saturated heterocycles. The summed E-state index contributed by atoms with van der Waals surface area (Å²) in [5, 5.41) is 2.69. The first-order chi connectivity index (χ1) is 16.5. The Kier molecular flexibility index (Phi) is 7.81. The van der Waals surface area contributed by atoms with Crippen LogP contribution in [-0.4, -0.2) is 41.1 Å². The fraction of sp³-hybridized carbons (Fsp3) is 0.231. The number of carbonyl (C=O) groups is 2. The summed E-state index contributed by atoms with van der Waals surface area (Å²) in [5.74, 6) is -0.865. The number of esters is 1. The molecular weight excluding hydrogens is 468 g/mol. The first-order valence-corrected chi connectivity index (χ1v) is 12.2. The Morgan fingerprint density at radius 2 is 1.49 bits per heavy atom. The van der Waals surface area contributed by atoms with Crippen molar-refractivity contribution in [3.63, 3.8) is 0 Å². The second-order valence-electron chi connectivity index (χ2n) is 8.13. The second kappa shape index (κ2) is 10.6. The Morgan fingerprint density at radius 3 is 2.06 bits per heavy atom. The smallest absolute Gasteiger partial charge is 0.337 e. The molecule has 3 aromatic rings. The lowest BCUT2D eigenvalue weighted by Gasteiger charge is -2.26. The standard InChI is InChI=1S/C26H28N2O6S/c1-17-6-11-23(33-4)24(15-17)35(31,32)28(22-13-18(2)12-19(3)14-22)16-25(29)27-21-9-7-20(8-10-21)26(30)34-5/h6-15H,16H2,1-5H3,(H,27,29). The van der Waals surface area contributed by atoms with Gasteiger partial charge in [0.15, 0.2) is 0 Å². The molecule has 8 nitrogen and oxygen atoms in total. The maximum atomic E-state index is 13.8. The largest absolute Gasteiger partial charge is 0.495 e. The van der Waals surface area contributed by atoms with Gasteiger partial charge in [-0.05, 0) is 86.0 Å². The van der Waals surface area contributed by atoms with Gasteiger partial charge in [-0.1, -0.05) is 12.1 Å². The summed E-state index contributed by atoms with van der Waals surface area (Å²) in [6.45, 7) is 5.03. The number of hydrogen-bond donors (Lipinski definition) is 1. The molecule has 0 fully saturated rings. The molecule has 0 saturated carbocycles. The lowest BCUT2D eigenvalue weighted by molar-refractivity contribution is -0.114. The molecule has 0 aliphatic rings. The van der Waals surface area contributed by atoms with Crippen LogP contribution < -0.4 is 14.4 Å². The number of carbonyl (C=O) groups excluding carboxylic acids is 2. The number of rotatable bonds is 8. The van der Waals surface area contributed by atoms with Gasteiger partial charge in [0.05, 0.1) is 25.5 Å². The van der Waals surface area contributed by atoms with E-state index in [-0.39, 0.29) is 10.6 Å². The summed E-state index contributed by atoms with van der Waals surface area (Å²) >= 11 is 0. The minimum atomic E-state index is -4.18. The summed E-state index contributed by atoms with van der Waals surface area (Å²) in [6, 6.07) is 16.3. The molecule has 3 rings (SSSR count). The van der Waals surface area contributed by atoms with Gasteiger partial charge in [0.2, 0.25) is 5.91 Å². The predicted molar refractivity (Wildman–Crippen MR) is 135 cm³/mol. The Balaban J connectivity index is 1.99. The van der Waals surface area contributed by atoms with E-state index in [0.717, 1.165) is 21.0 Å². The van der Waals surface area contributed by atoms with Crippen molar-refractivity contribution in [1.29, 1.82) is 0 Å². The molecule has 35 heavy (non-hydrogen) atoms. The van der Waals surface area contributed by atoms with E-state index in [1.54, 1.807) is 43.3 Å². The molecule has 0 heterocycles. The van der Waals surface area contributed by atoms with Crippen molar-refractivity contribution in [2.24, 2.45) is 0 Å². The summed E-state index contributed by atoms with van der Waals surface area (Å²) in [6.07, 6.45) is 0. The Morgan fingerprint density at radius 1 is 0.857 bits per heavy atom. The zero-order valence-electron chi connectivity index (χ0n) is 20.3. The highest BCUT2D eigenvalue weighted by molar-refractivity contribution is 7.93. The molecule has 0 unspecified atom stereocenters. The third-order valence-corrected chi connectivity index (χ3v) is 7.05. The van der Waals surface area contributed by atoms with Crippen molar-refractivity contribution in [2.75, 3.05) is 30.4 Å². The van der Waals surface area contributed by atoms with Crippen LogP contribution in [0.15, 0.2) is 65.6 Å². The van der Waals surface area contributed by atoms with Crippen LogP contribution in [0.4, 0.5) is 11.4 Å². The number of hydrogen-bond acceptors (Lipinski definition) is 6. The number of sulfonamides is 1. The Labute approximate surface area is 205 Å². The van der Waals surface area contributed by atoms with Gasteiger partial charge in [-0.2, -0.15) is 0 Å². The van der Waals surface area contributed by atoms with Crippen molar-refractivity contribution < 1.29 is 27.5 Å². The van der Waals surface area contributed by atoms with E-state index in [0.29, 0.717) is 16.9 Å². The third kappa shape index (κ3) is 5.99. The minimum absolute atomic E-state index is 0.0330. The molecule has 0 atom stereocenters. The highest BCUT2D eigenvalue weighted by Crippen LogP contribution is 2.32. The van der Waals surface area contributed by atoms with Gasteiger partial charge in [0.1, 0.15) is 17.2 Å². The number of anilines is 2. The molecule has 3 aromatic carbocycles. The van der Waals surface area contributed by atoms with Gasteiger partial charge in [-0.25, -0.2) is 13.2 Å². The van der Waals surface area contributed by atoms with E-state index < -0.39 is 28.4 Å². The fourth-order valence-electron chi connectivity index (χ4n) is 3.65. The third-order valence-electron chi connectivity index (χ3n) is 5.26. The minimum Gasteiger partial charge on any atom is -0.495 e. The van der Waals surface area contributed by atoms with E-state index in [4.69, 9.17) is 4.74 Å². The fourth-order valence-corrected chi connectivity index (χ4v) is 5.30. The van der Waals surface area contributed by atoms with Crippen molar-refractivity contribution in [3.8, 4) is 5.75 Å². The zero-order valence-corrected chi connectivity index (χ0v) is 21.1. The average molecular weight is 497 g/mol. The number of amides is 1. The van der Waals surface area contributed by atoms with Gasteiger partial charge < -0.3 is 14.8 Å². The van der Waals surface area contributed by atoms with Crippen molar-refractivity contribution >= 4 is 33.3 Å². The number of benzene rings is 3. The molecule has 0 radical (unpaired) electrons. The molecule has 9 heteroatoms. The molecule has 1 N–H and O–H groups in total. The molecule has 0 spiro atoms. The van der Waals surface area contributed by atoms with E-state index in [2.05, 4.69) is 10.1 Å². The number of ether oxygens (including phenoxy) is 2. The average Bonchev–Trinajstić information content (AvgIpc) is 2.81. The highest BCUT2D eigenvalue weighted by Gasteiger charge is 2.30. The normalized spacial score (nSPS) is 11.0. The number of nitrogens with one attached hydrogen (secondary N) is 1. The maximum absolute atomic E-state index is 13.8. The van der Waals surface area contributed by atoms with E-state index in [1.807, 2.05) is 19.9 Å². The Hall–Kier alpha value is -3.85.